The van der Waals surface area contributed by atoms with Crippen LogP contribution in [0.25, 0.3) is 17.5 Å². The van der Waals surface area contributed by atoms with Crippen LogP contribution in [0.2, 0.25) is 0 Å². The summed E-state index contributed by atoms with van der Waals surface area (Å²) in [6.45, 7) is 6.80. The summed E-state index contributed by atoms with van der Waals surface area (Å²) in [4.78, 5) is 17.2. The number of aromatic nitrogens is 3. The van der Waals surface area contributed by atoms with E-state index in [2.05, 4.69) is 58.4 Å². The van der Waals surface area contributed by atoms with Gasteiger partial charge in [-0.25, -0.2) is 0 Å². The first-order valence-corrected chi connectivity index (χ1v) is 11.4. The average molecular weight is 448 g/mol. The molecule has 32 heavy (non-hydrogen) atoms. The van der Waals surface area contributed by atoms with Crippen molar-refractivity contribution < 1.29 is 4.79 Å². The molecule has 0 atom stereocenters. The van der Waals surface area contributed by atoms with Crippen LogP contribution in [0.1, 0.15) is 17.5 Å². The molecular formula is C25H29N5OS. The predicted molar refractivity (Wildman–Crippen MR) is 131 cm³/mol. The van der Waals surface area contributed by atoms with E-state index < -0.39 is 0 Å². The summed E-state index contributed by atoms with van der Waals surface area (Å²) >= 11 is 5.41. The summed E-state index contributed by atoms with van der Waals surface area (Å²) in [5.74, 6) is 0.945. The fraction of sp³-hybridized carbons (Fsp3) is 0.320. The van der Waals surface area contributed by atoms with E-state index in [0.29, 0.717) is 17.7 Å². The second-order valence-corrected chi connectivity index (χ2v) is 8.50. The number of aromatic amines is 1. The summed E-state index contributed by atoms with van der Waals surface area (Å²) < 4.78 is 2.46. The average Bonchev–Trinajstić information content (AvgIpc) is 3.19. The van der Waals surface area contributed by atoms with Crippen molar-refractivity contribution in [2.24, 2.45) is 0 Å². The molecule has 2 heterocycles. The summed E-state index contributed by atoms with van der Waals surface area (Å²) in [6, 6.07) is 18.5. The first-order valence-electron chi connectivity index (χ1n) is 11.0. The van der Waals surface area contributed by atoms with E-state index in [1.54, 1.807) is 0 Å². The molecule has 1 amide bonds. The van der Waals surface area contributed by atoms with Crippen molar-refractivity contribution in [3.05, 3.63) is 76.6 Å². The number of aryl methyl sites for hydroxylation is 1. The second kappa shape index (κ2) is 10.5. The first-order chi connectivity index (χ1) is 15.6. The first kappa shape index (κ1) is 22.2. The highest BCUT2D eigenvalue weighted by molar-refractivity contribution is 7.71. The monoisotopic (exact) mass is 447 g/mol. The van der Waals surface area contributed by atoms with Gasteiger partial charge in [0.05, 0.1) is 0 Å². The van der Waals surface area contributed by atoms with Gasteiger partial charge >= 0.3 is 0 Å². The number of piperazine rings is 1. The number of H-pyrrole nitrogens is 1. The van der Waals surface area contributed by atoms with Gasteiger partial charge in [-0.3, -0.25) is 19.4 Å². The zero-order valence-corrected chi connectivity index (χ0v) is 19.2. The molecular weight excluding hydrogens is 418 g/mol. The van der Waals surface area contributed by atoms with Gasteiger partial charge in [0.25, 0.3) is 0 Å². The minimum absolute atomic E-state index is 0.169. The molecule has 1 fully saturated rings. The lowest BCUT2D eigenvalue weighted by Gasteiger charge is -2.34. The Morgan fingerprint density at radius 3 is 2.50 bits per heavy atom. The third-order valence-electron chi connectivity index (χ3n) is 5.82. The van der Waals surface area contributed by atoms with Gasteiger partial charge in [-0.2, -0.15) is 5.10 Å². The number of carbonyl (C=O) groups is 1. The Hall–Kier alpha value is -3.03. The van der Waals surface area contributed by atoms with Crippen LogP contribution < -0.4 is 0 Å². The molecule has 0 saturated carbocycles. The van der Waals surface area contributed by atoms with Crippen LogP contribution in [0.3, 0.4) is 0 Å². The van der Waals surface area contributed by atoms with Crippen LogP contribution in [-0.2, 0) is 11.3 Å². The molecule has 166 valence electrons. The highest BCUT2D eigenvalue weighted by Crippen LogP contribution is 2.18. The fourth-order valence-electron chi connectivity index (χ4n) is 3.90. The van der Waals surface area contributed by atoms with Crippen molar-refractivity contribution in [3.63, 3.8) is 0 Å². The molecule has 6 nitrogen and oxygen atoms in total. The lowest BCUT2D eigenvalue weighted by molar-refractivity contribution is -0.133. The maximum Gasteiger partial charge on any atom is 0.224 e. The second-order valence-electron chi connectivity index (χ2n) is 8.11. The molecule has 7 heteroatoms. The zero-order valence-electron chi connectivity index (χ0n) is 18.4. The number of nitrogens with zero attached hydrogens (tertiary/aromatic N) is 4. The molecule has 0 spiro atoms. The molecule has 1 N–H and O–H groups in total. The predicted octanol–water partition coefficient (Wildman–Crippen LogP) is 4.16. The van der Waals surface area contributed by atoms with E-state index >= 15 is 0 Å². The Bertz CT molecular complexity index is 1110. The Labute approximate surface area is 194 Å². The van der Waals surface area contributed by atoms with Crippen LogP contribution in [0, 0.1) is 11.7 Å². The van der Waals surface area contributed by atoms with Crippen LogP contribution >= 0.6 is 12.2 Å². The molecule has 1 aliphatic rings. The maximum atomic E-state index is 12.8. The van der Waals surface area contributed by atoms with Crippen LogP contribution in [-0.4, -0.2) is 63.2 Å². The zero-order chi connectivity index (χ0) is 22.3. The number of carbonyl (C=O) groups excluding carboxylic acids is 1. The molecule has 2 aromatic carbocycles. The van der Waals surface area contributed by atoms with Gasteiger partial charge in [0, 0.05) is 51.3 Å². The molecule has 0 aliphatic carbocycles. The molecule has 1 aromatic heterocycles. The van der Waals surface area contributed by atoms with E-state index in [9.17, 15) is 4.79 Å². The van der Waals surface area contributed by atoms with Gasteiger partial charge < -0.3 is 4.90 Å². The van der Waals surface area contributed by atoms with E-state index in [0.717, 1.165) is 44.1 Å². The SMILES string of the molecule is Cc1ccc(-c2n[nH]c(=S)n2CCC(=O)N2CCN(CC=Cc3ccccc3)CC2)cc1. The topological polar surface area (TPSA) is 57.2 Å². The Balaban J connectivity index is 1.27. The maximum absolute atomic E-state index is 12.8. The summed E-state index contributed by atoms with van der Waals surface area (Å²) in [6.07, 6.45) is 4.76. The van der Waals surface area contributed by atoms with Crippen molar-refractivity contribution in [1.29, 1.82) is 0 Å². The Morgan fingerprint density at radius 1 is 1.06 bits per heavy atom. The molecule has 0 unspecified atom stereocenters. The van der Waals surface area contributed by atoms with Crippen LogP contribution in [0.5, 0.6) is 0 Å². The molecule has 3 aromatic rings. The van der Waals surface area contributed by atoms with E-state index in [-0.39, 0.29) is 5.91 Å². The minimum Gasteiger partial charge on any atom is -0.340 e. The minimum atomic E-state index is 0.169. The van der Waals surface area contributed by atoms with Crippen molar-refractivity contribution in [3.8, 4) is 11.4 Å². The number of nitrogens with one attached hydrogen (secondary N) is 1. The van der Waals surface area contributed by atoms with Crippen LogP contribution in [0.4, 0.5) is 0 Å². The standard InChI is InChI=1S/C25H29N5OS/c1-20-9-11-22(12-10-20)24-26-27-25(32)30(24)15-13-23(31)29-18-16-28(17-19-29)14-5-8-21-6-3-2-4-7-21/h2-12H,13-19H2,1H3,(H,27,32). The number of benzene rings is 2. The lowest BCUT2D eigenvalue weighted by Crippen LogP contribution is -2.48. The van der Waals surface area contributed by atoms with Gasteiger partial charge in [0.1, 0.15) is 0 Å². The van der Waals surface area contributed by atoms with Crippen molar-refractivity contribution in [2.75, 3.05) is 32.7 Å². The van der Waals surface area contributed by atoms with Crippen molar-refractivity contribution in [1.82, 2.24) is 24.6 Å². The van der Waals surface area contributed by atoms with Crippen LogP contribution in [0.15, 0.2) is 60.7 Å². The molecule has 1 saturated heterocycles. The van der Waals surface area contributed by atoms with Gasteiger partial charge in [0.15, 0.2) is 10.6 Å². The Kier molecular flexibility index (Phi) is 7.29. The van der Waals surface area contributed by atoms with E-state index in [1.807, 2.05) is 39.8 Å². The third kappa shape index (κ3) is 5.60. The van der Waals surface area contributed by atoms with E-state index in [4.69, 9.17) is 12.2 Å². The Morgan fingerprint density at radius 2 is 1.78 bits per heavy atom. The highest BCUT2D eigenvalue weighted by atomic mass is 32.1. The fourth-order valence-corrected chi connectivity index (χ4v) is 4.12. The van der Waals surface area contributed by atoms with Gasteiger partial charge in [0.2, 0.25) is 5.91 Å². The number of hydrogen-bond donors (Lipinski definition) is 1. The summed E-state index contributed by atoms with van der Waals surface area (Å²) in [5.41, 5.74) is 3.40. The molecule has 1 aliphatic heterocycles. The number of amides is 1. The molecule has 0 radical (unpaired) electrons. The number of rotatable bonds is 7. The summed E-state index contributed by atoms with van der Waals surface area (Å²) in [5, 5.41) is 7.24. The van der Waals surface area contributed by atoms with E-state index in [1.165, 1.54) is 11.1 Å². The smallest absolute Gasteiger partial charge is 0.224 e. The highest BCUT2D eigenvalue weighted by Gasteiger charge is 2.21. The third-order valence-corrected chi connectivity index (χ3v) is 6.13. The van der Waals surface area contributed by atoms with Crippen molar-refractivity contribution in [2.45, 2.75) is 19.9 Å². The van der Waals surface area contributed by atoms with Gasteiger partial charge in [-0.15, -0.1) is 0 Å². The largest absolute Gasteiger partial charge is 0.340 e. The van der Waals surface area contributed by atoms with Gasteiger partial charge in [-0.1, -0.05) is 72.3 Å². The summed E-state index contributed by atoms with van der Waals surface area (Å²) in [7, 11) is 0. The normalized spacial score (nSPS) is 14.8. The van der Waals surface area contributed by atoms with Gasteiger partial charge in [-0.05, 0) is 24.7 Å². The quantitative estimate of drug-likeness (QED) is 0.553. The molecule has 0 bridgehead atoms. The van der Waals surface area contributed by atoms with Crippen molar-refractivity contribution >= 4 is 24.2 Å². The molecule has 4 rings (SSSR count). The number of hydrogen-bond acceptors (Lipinski definition) is 4. The lowest BCUT2D eigenvalue weighted by atomic mass is 10.1.